The van der Waals surface area contributed by atoms with Crippen LogP contribution < -0.4 is 16.0 Å². The lowest BCUT2D eigenvalue weighted by atomic mass is 9.97. The number of carbonyl (C=O) groups excluding carboxylic acids is 2. The molecule has 136 valence electrons. The fourth-order valence-corrected chi connectivity index (χ4v) is 3.70. The van der Waals surface area contributed by atoms with E-state index in [1.165, 1.54) is 5.56 Å². The second kappa shape index (κ2) is 8.34. The summed E-state index contributed by atoms with van der Waals surface area (Å²) in [4.78, 5) is 26.4. The first-order chi connectivity index (χ1) is 12.1. The maximum absolute atomic E-state index is 12.2. The van der Waals surface area contributed by atoms with Crippen LogP contribution in [0.4, 0.5) is 4.79 Å². The monoisotopic (exact) mass is 344 g/mol. The molecule has 3 amide bonds. The smallest absolute Gasteiger partial charge is 0.315 e. The minimum Gasteiger partial charge on any atom is -0.354 e. The van der Waals surface area contributed by atoms with Crippen molar-refractivity contribution in [3.05, 3.63) is 35.9 Å². The number of rotatable bonds is 4. The topological polar surface area (TPSA) is 73.5 Å². The van der Waals surface area contributed by atoms with Gasteiger partial charge in [-0.3, -0.25) is 9.69 Å². The molecule has 0 saturated carbocycles. The summed E-state index contributed by atoms with van der Waals surface area (Å²) in [7, 11) is 0. The molecular weight excluding hydrogens is 316 g/mol. The van der Waals surface area contributed by atoms with Gasteiger partial charge in [0.1, 0.15) is 6.04 Å². The van der Waals surface area contributed by atoms with Gasteiger partial charge in [0.2, 0.25) is 5.91 Å². The average molecular weight is 344 g/mol. The fraction of sp³-hybridized carbons (Fsp3) is 0.579. The molecule has 0 bridgehead atoms. The third kappa shape index (κ3) is 4.95. The van der Waals surface area contributed by atoms with E-state index in [2.05, 4.69) is 52.0 Å². The second-order valence-corrected chi connectivity index (χ2v) is 7.13. The SMILES string of the molecule is C[C@@H]1C[C@H](NC(=O)N[C@@H]2CCCNC2=O)CCN1Cc1ccccc1. The van der Waals surface area contributed by atoms with Gasteiger partial charge in [0.25, 0.3) is 0 Å². The number of hydrogen-bond donors (Lipinski definition) is 3. The summed E-state index contributed by atoms with van der Waals surface area (Å²) in [5.74, 6) is -0.0764. The Morgan fingerprint density at radius 1 is 1.24 bits per heavy atom. The molecule has 1 aromatic carbocycles. The van der Waals surface area contributed by atoms with Gasteiger partial charge in [0.15, 0.2) is 0 Å². The highest BCUT2D eigenvalue weighted by Crippen LogP contribution is 2.20. The van der Waals surface area contributed by atoms with Crippen LogP contribution >= 0.6 is 0 Å². The molecule has 2 aliphatic rings. The lowest BCUT2D eigenvalue weighted by Crippen LogP contribution is -2.56. The molecule has 2 heterocycles. The molecule has 2 saturated heterocycles. The van der Waals surface area contributed by atoms with Gasteiger partial charge in [-0.15, -0.1) is 0 Å². The van der Waals surface area contributed by atoms with Crippen LogP contribution in [0.25, 0.3) is 0 Å². The summed E-state index contributed by atoms with van der Waals surface area (Å²) in [5.41, 5.74) is 1.32. The predicted octanol–water partition coefficient (Wildman–Crippen LogP) is 1.62. The van der Waals surface area contributed by atoms with Crippen molar-refractivity contribution in [3.8, 4) is 0 Å². The van der Waals surface area contributed by atoms with E-state index in [0.29, 0.717) is 19.0 Å². The highest BCUT2D eigenvalue weighted by molar-refractivity contribution is 5.87. The van der Waals surface area contributed by atoms with E-state index in [-0.39, 0.29) is 18.0 Å². The van der Waals surface area contributed by atoms with Crippen LogP contribution in [-0.4, -0.2) is 48.1 Å². The average Bonchev–Trinajstić information content (AvgIpc) is 2.60. The van der Waals surface area contributed by atoms with Gasteiger partial charge in [-0.05, 0) is 38.2 Å². The summed E-state index contributed by atoms with van der Waals surface area (Å²) in [5, 5.41) is 8.64. The van der Waals surface area contributed by atoms with Gasteiger partial charge < -0.3 is 16.0 Å². The van der Waals surface area contributed by atoms with Crippen molar-refractivity contribution < 1.29 is 9.59 Å². The van der Waals surface area contributed by atoms with Gasteiger partial charge >= 0.3 is 6.03 Å². The molecule has 0 unspecified atom stereocenters. The Labute approximate surface area is 149 Å². The molecule has 3 N–H and O–H groups in total. The molecule has 3 rings (SSSR count). The molecule has 2 fully saturated rings. The van der Waals surface area contributed by atoms with E-state index in [0.717, 1.165) is 32.4 Å². The van der Waals surface area contributed by atoms with Gasteiger partial charge in [0.05, 0.1) is 0 Å². The lowest BCUT2D eigenvalue weighted by Gasteiger charge is -2.38. The van der Waals surface area contributed by atoms with Crippen LogP contribution in [0.2, 0.25) is 0 Å². The van der Waals surface area contributed by atoms with Crippen LogP contribution in [-0.2, 0) is 11.3 Å². The van der Waals surface area contributed by atoms with E-state index < -0.39 is 6.04 Å². The Balaban J connectivity index is 1.44. The Morgan fingerprint density at radius 3 is 2.76 bits per heavy atom. The first kappa shape index (κ1) is 17.7. The Morgan fingerprint density at radius 2 is 2.04 bits per heavy atom. The maximum Gasteiger partial charge on any atom is 0.315 e. The van der Waals surface area contributed by atoms with Crippen molar-refractivity contribution in [1.29, 1.82) is 0 Å². The summed E-state index contributed by atoms with van der Waals surface area (Å²) in [6.45, 7) is 4.83. The third-order valence-corrected chi connectivity index (χ3v) is 5.17. The normalized spacial score (nSPS) is 27.4. The first-order valence-electron chi connectivity index (χ1n) is 9.24. The van der Waals surface area contributed by atoms with Crippen molar-refractivity contribution in [2.75, 3.05) is 13.1 Å². The van der Waals surface area contributed by atoms with Crippen LogP contribution in [0, 0.1) is 0 Å². The molecule has 0 radical (unpaired) electrons. The molecule has 2 aliphatic heterocycles. The predicted molar refractivity (Wildman–Crippen MR) is 97.0 cm³/mol. The number of urea groups is 1. The number of piperidine rings is 2. The summed E-state index contributed by atoms with van der Waals surface area (Å²) in [6.07, 6.45) is 3.48. The number of nitrogens with one attached hydrogen (secondary N) is 3. The third-order valence-electron chi connectivity index (χ3n) is 5.17. The van der Waals surface area contributed by atoms with Gasteiger partial charge in [-0.25, -0.2) is 4.79 Å². The molecule has 6 heteroatoms. The van der Waals surface area contributed by atoms with E-state index in [9.17, 15) is 9.59 Å². The van der Waals surface area contributed by atoms with Crippen molar-refractivity contribution >= 4 is 11.9 Å². The Kier molecular flexibility index (Phi) is 5.91. The summed E-state index contributed by atoms with van der Waals surface area (Å²) >= 11 is 0. The number of hydrogen-bond acceptors (Lipinski definition) is 3. The molecule has 0 spiro atoms. The molecule has 0 aliphatic carbocycles. The van der Waals surface area contributed by atoms with E-state index in [1.807, 2.05) is 6.07 Å². The minimum atomic E-state index is -0.399. The fourth-order valence-electron chi connectivity index (χ4n) is 3.70. The number of carbonyl (C=O) groups is 2. The first-order valence-corrected chi connectivity index (χ1v) is 9.24. The van der Waals surface area contributed by atoms with Crippen LogP contribution in [0.1, 0.15) is 38.2 Å². The quantitative estimate of drug-likeness (QED) is 0.777. The Hall–Kier alpha value is -2.08. The zero-order valence-corrected chi connectivity index (χ0v) is 14.8. The van der Waals surface area contributed by atoms with Gasteiger partial charge in [-0.1, -0.05) is 30.3 Å². The van der Waals surface area contributed by atoms with Crippen molar-refractivity contribution in [3.63, 3.8) is 0 Å². The van der Waals surface area contributed by atoms with Crippen molar-refractivity contribution in [1.82, 2.24) is 20.9 Å². The molecular formula is C19H28N4O2. The van der Waals surface area contributed by atoms with Crippen LogP contribution in [0.15, 0.2) is 30.3 Å². The highest BCUT2D eigenvalue weighted by atomic mass is 16.2. The highest BCUT2D eigenvalue weighted by Gasteiger charge is 2.28. The molecule has 1 aromatic rings. The zero-order chi connectivity index (χ0) is 17.6. The number of amides is 3. The van der Waals surface area contributed by atoms with Gasteiger partial charge in [-0.2, -0.15) is 0 Å². The number of benzene rings is 1. The summed E-state index contributed by atoms with van der Waals surface area (Å²) in [6, 6.07) is 10.4. The van der Waals surface area contributed by atoms with Gasteiger partial charge in [0, 0.05) is 31.7 Å². The van der Waals surface area contributed by atoms with Crippen LogP contribution in [0.3, 0.4) is 0 Å². The van der Waals surface area contributed by atoms with Crippen molar-refractivity contribution in [2.45, 2.75) is 57.3 Å². The molecule has 25 heavy (non-hydrogen) atoms. The van der Waals surface area contributed by atoms with E-state index in [4.69, 9.17) is 0 Å². The van der Waals surface area contributed by atoms with E-state index >= 15 is 0 Å². The lowest BCUT2D eigenvalue weighted by molar-refractivity contribution is -0.124. The second-order valence-electron chi connectivity index (χ2n) is 7.13. The molecule has 0 aromatic heterocycles. The standard InChI is InChI=1S/C19H28N4O2/c1-14-12-16(9-11-23(14)13-15-6-3-2-4-7-15)21-19(25)22-17-8-5-10-20-18(17)24/h2-4,6-7,14,16-17H,5,8-13H2,1H3,(H,20,24)(H2,21,22,25)/t14-,16-,17-/m1/s1. The largest absolute Gasteiger partial charge is 0.354 e. The summed E-state index contributed by atoms with van der Waals surface area (Å²) < 4.78 is 0. The number of likely N-dealkylation sites (tertiary alicyclic amines) is 1. The maximum atomic E-state index is 12.2. The van der Waals surface area contributed by atoms with Crippen molar-refractivity contribution in [2.24, 2.45) is 0 Å². The minimum absolute atomic E-state index is 0.0764. The molecule has 6 nitrogen and oxygen atoms in total. The molecule has 3 atom stereocenters. The number of nitrogens with zero attached hydrogens (tertiary/aromatic N) is 1. The van der Waals surface area contributed by atoms with E-state index in [1.54, 1.807) is 0 Å². The Bertz CT molecular complexity index is 592. The van der Waals surface area contributed by atoms with Crippen LogP contribution in [0.5, 0.6) is 0 Å². The zero-order valence-electron chi connectivity index (χ0n) is 14.8.